The van der Waals surface area contributed by atoms with Crippen LogP contribution in [0.2, 0.25) is 0 Å². The average Bonchev–Trinajstić information content (AvgIpc) is 2.53. The van der Waals surface area contributed by atoms with Crippen LogP contribution in [0.3, 0.4) is 0 Å². The second kappa shape index (κ2) is 7.47. The van der Waals surface area contributed by atoms with Gasteiger partial charge in [0.1, 0.15) is 24.0 Å². The number of aromatic amines is 1. The van der Waals surface area contributed by atoms with Gasteiger partial charge in [-0.3, -0.25) is 9.59 Å². The summed E-state index contributed by atoms with van der Waals surface area (Å²) in [7, 11) is 0. The first kappa shape index (κ1) is 17.3. The summed E-state index contributed by atoms with van der Waals surface area (Å²) in [6.45, 7) is 5.47. The highest BCUT2D eigenvalue weighted by Gasteiger charge is 2.13. The minimum Gasteiger partial charge on any atom is -0.493 e. The number of carbonyl (C=O) groups is 1. The highest BCUT2D eigenvalue weighted by molar-refractivity contribution is 5.72. The molecule has 0 saturated heterocycles. The third-order valence-electron chi connectivity index (χ3n) is 3.38. The SMILES string of the molecule is CCOc1ccc(-c2cc(C)[nH]c(=O)c2C#N)cc1COC(C)=O. The van der Waals surface area contributed by atoms with Crippen LogP contribution in [-0.2, 0) is 16.1 Å². The van der Waals surface area contributed by atoms with E-state index in [0.29, 0.717) is 34.7 Å². The van der Waals surface area contributed by atoms with Crippen molar-refractivity contribution in [3.63, 3.8) is 0 Å². The zero-order chi connectivity index (χ0) is 17.7. The zero-order valence-corrected chi connectivity index (χ0v) is 13.8. The fraction of sp³-hybridized carbons (Fsp3) is 0.278. The number of H-pyrrole nitrogens is 1. The van der Waals surface area contributed by atoms with Gasteiger partial charge in [0, 0.05) is 23.7 Å². The van der Waals surface area contributed by atoms with E-state index in [1.807, 2.05) is 13.0 Å². The van der Waals surface area contributed by atoms with Gasteiger partial charge in [-0.15, -0.1) is 0 Å². The summed E-state index contributed by atoms with van der Waals surface area (Å²) in [4.78, 5) is 25.7. The summed E-state index contributed by atoms with van der Waals surface area (Å²) in [6.07, 6.45) is 0. The number of esters is 1. The fourth-order valence-corrected chi connectivity index (χ4v) is 2.36. The number of pyridine rings is 1. The molecule has 24 heavy (non-hydrogen) atoms. The number of nitriles is 1. The average molecular weight is 326 g/mol. The van der Waals surface area contributed by atoms with Gasteiger partial charge < -0.3 is 14.5 Å². The molecule has 0 saturated carbocycles. The number of aryl methyl sites for hydroxylation is 1. The van der Waals surface area contributed by atoms with Gasteiger partial charge in [-0.2, -0.15) is 5.26 Å². The lowest BCUT2D eigenvalue weighted by molar-refractivity contribution is -0.142. The molecule has 1 heterocycles. The van der Waals surface area contributed by atoms with Gasteiger partial charge in [0.2, 0.25) is 0 Å². The number of benzene rings is 1. The van der Waals surface area contributed by atoms with E-state index in [4.69, 9.17) is 9.47 Å². The van der Waals surface area contributed by atoms with Crippen LogP contribution in [0.4, 0.5) is 0 Å². The number of aromatic nitrogens is 1. The third-order valence-corrected chi connectivity index (χ3v) is 3.38. The Bertz CT molecular complexity index is 862. The number of carbonyl (C=O) groups excluding carboxylic acids is 1. The molecule has 0 bridgehead atoms. The summed E-state index contributed by atoms with van der Waals surface area (Å²) < 4.78 is 10.6. The molecule has 1 N–H and O–H groups in total. The Labute approximate surface area is 139 Å². The second-order valence-corrected chi connectivity index (χ2v) is 5.22. The Morgan fingerprint density at radius 2 is 2.08 bits per heavy atom. The van der Waals surface area contributed by atoms with Gasteiger partial charge in [0.15, 0.2) is 0 Å². The normalized spacial score (nSPS) is 10.1. The number of hydrogen-bond acceptors (Lipinski definition) is 5. The molecular weight excluding hydrogens is 308 g/mol. The lowest BCUT2D eigenvalue weighted by atomic mass is 9.99. The molecule has 0 aliphatic carbocycles. The molecule has 6 nitrogen and oxygen atoms in total. The van der Waals surface area contributed by atoms with Crippen molar-refractivity contribution in [1.82, 2.24) is 4.98 Å². The molecule has 2 aromatic rings. The van der Waals surface area contributed by atoms with E-state index in [0.717, 1.165) is 0 Å². The van der Waals surface area contributed by atoms with E-state index in [2.05, 4.69) is 4.98 Å². The lowest BCUT2D eigenvalue weighted by Gasteiger charge is -2.13. The third kappa shape index (κ3) is 3.82. The van der Waals surface area contributed by atoms with Gasteiger partial charge in [-0.1, -0.05) is 6.07 Å². The molecule has 0 aliphatic heterocycles. The van der Waals surface area contributed by atoms with Crippen molar-refractivity contribution in [3.8, 4) is 22.9 Å². The van der Waals surface area contributed by atoms with E-state index in [1.165, 1.54) is 6.92 Å². The maximum absolute atomic E-state index is 12.0. The van der Waals surface area contributed by atoms with Crippen LogP contribution in [-0.4, -0.2) is 17.6 Å². The van der Waals surface area contributed by atoms with E-state index in [1.54, 1.807) is 31.2 Å². The van der Waals surface area contributed by atoms with Crippen molar-refractivity contribution in [1.29, 1.82) is 5.26 Å². The Morgan fingerprint density at radius 1 is 1.33 bits per heavy atom. The molecule has 0 atom stereocenters. The number of hydrogen-bond donors (Lipinski definition) is 1. The molecule has 1 aromatic heterocycles. The van der Waals surface area contributed by atoms with Gasteiger partial charge in [-0.25, -0.2) is 0 Å². The van der Waals surface area contributed by atoms with Gasteiger partial charge in [0.05, 0.1) is 6.61 Å². The van der Waals surface area contributed by atoms with Crippen LogP contribution in [0.15, 0.2) is 29.1 Å². The molecule has 0 unspecified atom stereocenters. The molecule has 124 valence electrons. The summed E-state index contributed by atoms with van der Waals surface area (Å²) in [5.41, 5.74) is 2.17. The lowest BCUT2D eigenvalue weighted by Crippen LogP contribution is -2.12. The van der Waals surface area contributed by atoms with Crippen molar-refractivity contribution in [3.05, 3.63) is 51.4 Å². The maximum Gasteiger partial charge on any atom is 0.302 e. The summed E-state index contributed by atoms with van der Waals surface area (Å²) >= 11 is 0. The first-order chi connectivity index (χ1) is 11.5. The van der Waals surface area contributed by atoms with E-state index >= 15 is 0 Å². The van der Waals surface area contributed by atoms with Gasteiger partial charge >= 0.3 is 5.97 Å². The van der Waals surface area contributed by atoms with Crippen LogP contribution in [0.1, 0.15) is 30.7 Å². The van der Waals surface area contributed by atoms with Crippen molar-refractivity contribution < 1.29 is 14.3 Å². The predicted octanol–water partition coefficient (Wildman–Crippen LogP) is 2.68. The molecule has 0 aliphatic rings. The maximum atomic E-state index is 12.0. The molecule has 2 rings (SSSR count). The van der Waals surface area contributed by atoms with Crippen LogP contribution in [0.5, 0.6) is 5.75 Å². The van der Waals surface area contributed by atoms with Crippen LogP contribution < -0.4 is 10.3 Å². The fourth-order valence-electron chi connectivity index (χ4n) is 2.36. The van der Waals surface area contributed by atoms with E-state index in [-0.39, 0.29) is 12.2 Å². The molecular formula is C18H18N2O4. The number of nitrogens with zero attached hydrogens (tertiary/aromatic N) is 1. The van der Waals surface area contributed by atoms with Crippen molar-refractivity contribution in [2.24, 2.45) is 0 Å². The number of rotatable bonds is 5. The van der Waals surface area contributed by atoms with Crippen molar-refractivity contribution in [2.45, 2.75) is 27.4 Å². The van der Waals surface area contributed by atoms with Crippen LogP contribution >= 0.6 is 0 Å². The smallest absolute Gasteiger partial charge is 0.302 e. The highest BCUT2D eigenvalue weighted by Crippen LogP contribution is 2.29. The van der Waals surface area contributed by atoms with E-state index < -0.39 is 11.5 Å². The molecule has 0 radical (unpaired) electrons. The Balaban J connectivity index is 2.56. The van der Waals surface area contributed by atoms with Crippen LogP contribution in [0, 0.1) is 18.3 Å². The first-order valence-corrected chi connectivity index (χ1v) is 7.49. The Hall–Kier alpha value is -3.07. The molecule has 0 fully saturated rings. The van der Waals surface area contributed by atoms with Gasteiger partial charge in [-0.05, 0) is 37.6 Å². The Kier molecular flexibility index (Phi) is 5.38. The number of nitrogens with one attached hydrogen (secondary N) is 1. The van der Waals surface area contributed by atoms with Crippen molar-refractivity contribution >= 4 is 5.97 Å². The zero-order valence-electron chi connectivity index (χ0n) is 13.8. The predicted molar refractivity (Wildman–Crippen MR) is 88.6 cm³/mol. The highest BCUT2D eigenvalue weighted by atomic mass is 16.5. The second-order valence-electron chi connectivity index (χ2n) is 5.22. The summed E-state index contributed by atoms with van der Waals surface area (Å²) in [5.74, 6) is 0.204. The topological polar surface area (TPSA) is 92.2 Å². The molecule has 0 spiro atoms. The summed E-state index contributed by atoms with van der Waals surface area (Å²) in [6, 6.07) is 8.97. The quantitative estimate of drug-likeness (QED) is 0.853. The largest absolute Gasteiger partial charge is 0.493 e. The molecule has 6 heteroatoms. The van der Waals surface area contributed by atoms with E-state index in [9.17, 15) is 14.9 Å². The summed E-state index contributed by atoms with van der Waals surface area (Å²) in [5, 5.41) is 9.27. The molecule has 1 aromatic carbocycles. The molecule has 0 amide bonds. The minimum atomic E-state index is -0.428. The van der Waals surface area contributed by atoms with Crippen molar-refractivity contribution in [2.75, 3.05) is 6.61 Å². The van der Waals surface area contributed by atoms with Gasteiger partial charge in [0.25, 0.3) is 5.56 Å². The van der Waals surface area contributed by atoms with Crippen LogP contribution in [0.25, 0.3) is 11.1 Å². The minimum absolute atomic E-state index is 0.0446. The Morgan fingerprint density at radius 3 is 2.71 bits per heavy atom. The first-order valence-electron chi connectivity index (χ1n) is 7.49. The standard InChI is InChI=1S/C18H18N2O4/c1-4-23-17-6-5-13(8-14(17)10-24-12(3)21)15-7-11(2)20-18(22)16(15)9-19/h5-8H,4,10H2,1-3H3,(H,20,22). The monoisotopic (exact) mass is 326 g/mol. The number of ether oxygens (including phenoxy) is 2.